The Morgan fingerprint density at radius 1 is 1.24 bits per heavy atom. The van der Waals surface area contributed by atoms with Gasteiger partial charge in [0.25, 0.3) is 5.91 Å². The Bertz CT molecular complexity index is 857. The van der Waals surface area contributed by atoms with E-state index in [2.05, 4.69) is 23.4 Å². The second-order valence-electron chi connectivity index (χ2n) is 6.19. The molecule has 0 unspecified atom stereocenters. The molecule has 3 aromatic rings. The van der Waals surface area contributed by atoms with E-state index < -0.39 is 0 Å². The van der Waals surface area contributed by atoms with Gasteiger partial charge in [-0.05, 0) is 36.6 Å². The number of rotatable bonds is 3. The van der Waals surface area contributed by atoms with Gasteiger partial charge in [-0.15, -0.1) is 11.3 Å². The smallest absolute Gasteiger partial charge is 0.274 e. The largest absolute Gasteiger partial charge is 0.332 e. The lowest BCUT2D eigenvalue weighted by molar-refractivity contribution is 0.0649. The summed E-state index contributed by atoms with van der Waals surface area (Å²) >= 11 is 1.65. The lowest BCUT2D eigenvalue weighted by Gasteiger charge is -2.33. The summed E-state index contributed by atoms with van der Waals surface area (Å²) in [5, 5.41) is 10.0. The summed E-state index contributed by atoms with van der Waals surface area (Å²) in [7, 11) is 0. The van der Waals surface area contributed by atoms with Crippen LogP contribution in [0.5, 0.6) is 0 Å². The van der Waals surface area contributed by atoms with Gasteiger partial charge < -0.3 is 10.2 Å². The van der Waals surface area contributed by atoms with E-state index in [1.807, 2.05) is 57.4 Å². The fraction of sp³-hybridized carbons (Fsp3) is 0.263. The molecular formula is C19H20N4OS. The number of thiophene rings is 1. The van der Waals surface area contributed by atoms with Crippen molar-refractivity contribution < 1.29 is 4.79 Å². The summed E-state index contributed by atoms with van der Waals surface area (Å²) in [6, 6.07) is 16.1. The predicted octanol–water partition coefficient (Wildman–Crippen LogP) is 3.03. The van der Waals surface area contributed by atoms with Gasteiger partial charge in [-0.2, -0.15) is 5.10 Å². The van der Waals surface area contributed by atoms with E-state index >= 15 is 0 Å². The average Bonchev–Trinajstić information content (AvgIpc) is 3.32. The van der Waals surface area contributed by atoms with E-state index in [-0.39, 0.29) is 11.9 Å². The third-order valence-corrected chi connectivity index (χ3v) is 5.36. The molecule has 0 bridgehead atoms. The molecule has 0 saturated carbocycles. The molecule has 4 rings (SSSR count). The molecule has 1 saturated heterocycles. The number of carbonyl (C=O) groups is 1. The van der Waals surface area contributed by atoms with Crippen molar-refractivity contribution in [1.29, 1.82) is 0 Å². The van der Waals surface area contributed by atoms with Crippen LogP contribution in [0.2, 0.25) is 0 Å². The fourth-order valence-corrected chi connectivity index (χ4v) is 3.87. The fourth-order valence-electron chi connectivity index (χ4n) is 3.14. The molecule has 1 atom stereocenters. The van der Waals surface area contributed by atoms with Crippen molar-refractivity contribution in [2.24, 2.45) is 0 Å². The Labute approximate surface area is 150 Å². The highest BCUT2D eigenvalue weighted by molar-refractivity contribution is 7.13. The molecular weight excluding hydrogens is 332 g/mol. The Balaban J connectivity index is 1.76. The van der Waals surface area contributed by atoms with Gasteiger partial charge in [-0.3, -0.25) is 4.79 Å². The van der Waals surface area contributed by atoms with Gasteiger partial charge in [-0.1, -0.05) is 24.3 Å². The zero-order chi connectivity index (χ0) is 17.2. The minimum Gasteiger partial charge on any atom is -0.332 e. The van der Waals surface area contributed by atoms with Crippen LogP contribution >= 0.6 is 11.3 Å². The van der Waals surface area contributed by atoms with E-state index in [0.29, 0.717) is 12.2 Å². The second-order valence-corrected chi connectivity index (χ2v) is 7.14. The zero-order valence-electron chi connectivity index (χ0n) is 14.1. The highest BCUT2D eigenvalue weighted by Gasteiger charge is 2.27. The van der Waals surface area contributed by atoms with Crippen molar-refractivity contribution in [3.05, 3.63) is 59.6 Å². The van der Waals surface area contributed by atoms with E-state index in [4.69, 9.17) is 0 Å². The molecule has 2 aromatic heterocycles. The van der Waals surface area contributed by atoms with E-state index in [0.717, 1.165) is 29.3 Å². The first kappa shape index (κ1) is 16.1. The predicted molar refractivity (Wildman–Crippen MR) is 100 cm³/mol. The number of nitrogens with one attached hydrogen (secondary N) is 1. The van der Waals surface area contributed by atoms with Crippen LogP contribution in [-0.2, 0) is 0 Å². The molecule has 1 amide bonds. The number of amides is 1. The number of hydrogen-bond acceptors (Lipinski definition) is 4. The van der Waals surface area contributed by atoms with Gasteiger partial charge >= 0.3 is 0 Å². The molecule has 1 aliphatic heterocycles. The molecule has 25 heavy (non-hydrogen) atoms. The SMILES string of the molecule is C[C@@H]1CNCCN1C(=O)c1cc(-c2cccs2)n(-c2ccccc2)n1. The third-order valence-electron chi connectivity index (χ3n) is 4.47. The summed E-state index contributed by atoms with van der Waals surface area (Å²) in [6.07, 6.45) is 0. The molecule has 3 heterocycles. The van der Waals surface area contributed by atoms with Crippen molar-refractivity contribution in [2.75, 3.05) is 19.6 Å². The first-order chi connectivity index (χ1) is 12.2. The molecule has 1 fully saturated rings. The van der Waals surface area contributed by atoms with Crippen molar-refractivity contribution in [2.45, 2.75) is 13.0 Å². The van der Waals surface area contributed by atoms with Crippen molar-refractivity contribution in [3.8, 4) is 16.3 Å². The quantitative estimate of drug-likeness (QED) is 0.788. The molecule has 128 valence electrons. The van der Waals surface area contributed by atoms with Crippen LogP contribution in [0.15, 0.2) is 53.9 Å². The van der Waals surface area contributed by atoms with Gasteiger partial charge in [0.05, 0.1) is 16.3 Å². The second kappa shape index (κ2) is 6.82. The van der Waals surface area contributed by atoms with Crippen LogP contribution in [0.25, 0.3) is 16.3 Å². The lowest BCUT2D eigenvalue weighted by Crippen LogP contribution is -2.52. The maximum atomic E-state index is 13.0. The number of piperazine rings is 1. The van der Waals surface area contributed by atoms with Crippen LogP contribution in [0.1, 0.15) is 17.4 Å². The molecule has 0 radical (unpaired) electrons. The zero-order valence-corrected chi connectivity index (χ0v) is 14.9. The van der Waals surface area contributed by atoms with Gasteiger partial charge in [0, 0.05) is 25.7 Å². The first-order valence-corrected chi connectivity index (χ1v) is 9.33. The van der Waals surface area contributed by atoms with Crippen LogP contribution in [0.4, 0.5) is 0 Å². The Morgan fingerprint density at radius 3 is 2.80 bits per heavy atom. The number of hydrogen-bond donors (Lipinski definition) is 1. The number of carbonyl (C=O) groups excluding carboxylic acids is 1. The minimum atomic E-state index is 0.00138. The Morgan fingerprint density at radius 2 is 2.08 bits per heavy atom. The van der Waals surface area contributed by atoms with Crippen LogP contribution in [0, 0.1) is 0 Å². The summed E-state index contributed by atoms with van der Waals surface area (Å²) in [5.41, 5.74) is 2.41. The van der Waals surface area contributed by atoms with Crippen LogP contribution in [-0.4, -0.2) is 46.3 Å². The van der Waals surface area contributed by atoms with Gasteiger partial charge in [0.2, 0.25) is 0 Å². The third kappa shape index (κ3) is 3.10. The Kier molecular flexibility index (Phi) is 4.38. The lowest BCUT2D eigenvalue weighted by atomic mass is 10.2. The first-order valence-electron chi connectivity index (χ1n) is 8.45. The maximum absolute atomic E-state index is 13.0. The molecule has 0 aliphatic carbocycles. The normalized spacial score (nSPS) is 17.6. The number of para-hydroxylation sites is 1. The molecule has 5 nitrogen and oxygen atoms in total. The molecule has 6 heteroatoms. The van der Waals surface area contributed by atoms with Crippen molar-refractivity contribution in [1.82, 2.24) is 20.0 Å². The van der Waals surface area contributed by atoms with E-state index in [1.165, 1.54) is 0 Å². The number of aromatic nitrogens is 2. The van der Waals surface area contributed by atoms with E-state index in [1.54, 1.807) is 11.3 Å². The highest BCUT2D eigenvalue weighted by Crippen LogP contribution is 2.28. The van der Waals surface area contributed by atoms with Crippen molar-refractivity contribution >= 4 is 17.2 Å². The summed E-state index contributed by atoms with van der Waals surface area (Å²) in [6.45, 7) is 4.43. The number of benzene rings is 1. The molecule has 0 spiro atoms. The van der Waals surface area contributed by atoms with Gasteiger partial charge in [-0.25, -0.2) is 4.68 Å². The minimum absolute atomic E-state index is 0.00138. The summed E-state index contributed by atoms with van der Waals surface area (Å²) in [4.78, 5) is 16.0. The van der Waals surface area contributed by atoms with Gasteiger partial charge in [0.15, 0.2) is 5.69 Å². The van der Waals surface area contributed by atoms with Crippen LogP contribution in [0.3, 0.4) is 0 Å². The average molecular weight is 352 g/mol. The monoisotopic (exact) mass is 352 g/mol. The summed E-state index contributed by atoms with van der Waals surface area (Å²) in [5.74, 6) is 0.00138. The molecule has 1 aromatic carbocycles. The topological polar surface area (TPSA) is 50.2 Å². The molecule has 1 N–H and O–H groups in total. The highest BCUT2D eigenvalue weighted by atomic mass is 32.1. The van der Waals surface area contributed by atoms with Crippen molar-refractivity contribution in [3.63, 3.8) is 0 Å². The van der Waals surface area contributed by atoms with E-state index in [9.17, 15) is 4.79 Å². The Hall–Kier alpha value is -2.44. The molecule has 1 aliphatic rings. The standard InChI is InChI=1S/C19H20N4OS/c1-14-13-20-9-10-22(14)19(24)16-12-17(18-8-5-11-25-18)23(21-16)15-6-3-2-4-7-15/h2-8,11-12,14,20H,9-10,13H2,1H3/t14-/m1/s1. The summed E-state index contributed by atoms with van der Waals surface area (Å²) < 4.78 is 1.87. The van der Waals surface area contributed by atoms with Gasteiger partial charge in [0.1, 0.15) is 0 Å². The maximum Gasteiger partial charge on any atom is 0.274 e. The number of nitrogens with zero attached hydrogens (tertiary/aromatic N) is 3. The van der Waals surface area contributed by atoms with Crippen LogP contribution < -0.4 is 5.32 Å².